The number of benzene rings is 1. The van der Waals surface area contributed by atoms with Gasteiger partial charge in [-0.1, -0.05) is 26.0 Å². The Bertz CT molecular complexity index is 278. The van der Waals surface area contributed by atoms with Crippen LogP contribution >= 0.6 is 0 Å². The largest absolute Gasteiger partial charge is 0.399 e. The summed E-state index contributed by atoms with van der Waals surface area (Å²) < 4.78 is 0. The zero-order valence-electron chi connectivity index (χ0n) is 9.79. The monoisotopic (exact) mass is 206 g/mol. The van der Waals surface area contributed by atoms with Gasteiger partial charge >= 0.3 is 0 Å². The Morgan fingerprint density at radius 3 is 2.47 bits per heavy atom. The lowest BCUT2D eigenvalue weighted by Gasteiger charge is -2.23. The number of piperidine rings is 1. The van der Waals surface area contributed by atoms with Gasteiger partial charge in [0, 0.05) is 5.69 Å². The summed E-state index contributed by atoms with van der Waals surface area (Å²) in [6, 6.07) is 8.29. The third-order valence-electron chi connectivity index (χ3n) is 2.72. The summed E-state index contributed by atoms with van der Waals surface area (Å²) in [7, 11) is 0. The van der Waals surface area contributed by atoms with Crippen LogP contribution in [-0.4, -0.2) is 13.1 Å². The maximum absolute atomic E-state index is 5.75. The summed E-state index contributed by atoms with van der Waals surface area (Å²) in [5.74, 6) is 0.713. The number of rotatable bonds is 1. The lowest BCUT2D eigenvalue weighted by atomic mass is 9.90. The number of nitrogens with two attached hydrogens (primary N) is 1. The van der Waals surface area contributed by atoms with E-state index >= 15 is 0 Å². The molecule has 2 heteroatoms. The quantitative estimate of drug-likeness (QED) is 0.693. The van der Waals surface area contributed by atoms with E-state index in [4.69, 9.17) is 5.73 Å². The lowest BCUT2D eigenvalue weighted by Crippen LogP contribution is -2.26. The molecule has 1 fully saturated rings. The fourth-order valence-corrected chi connectivity index (χ4v) is 1.97. The molecule has 0 radical (unpaired) electrons. The first-order valence-corrected chi connectivity index (χ1v) is 5.92. The number of nitrogen functional groups attached to an aromatic ring is 1. The predicted octanol–water partition coefficient (Wildman–Crippen LogP) is 2.76. The van der Waals surface area contributed by atoms with Gasteiger partial charge in [0.25, 0.3) is 0 Å². The molecule has 15 heavy (non-hydrogen) atoms. The highest BCUT2D eigenvalue weighted by atomic mass is 14.9. The molecule has 0 unspecified atom stereocenters. The first kappa shape index (κ1) is 12.1. The van der Waals surface area contributed by atoms with Gasteiger partial charge in [-0.25, -0.2) is 0 Å². The van der Waals surface area contributed by atoms with Crippen LogP contribution in [0.1, 0.15) is 38.2 Å². The average Bonchev–Trinajstić information content (AvgIpc) is 2.33. The van der Waals surface area contributed by atoms with Crippen molar-refractivity contribution in [3.63, 3.8) is 0 Å². The molecule has 0 saturated carbocycles. The van der Waals surface area contributed by atoms with Crippen LogP contribution in [0.2, 0.25) is 0 Å². The van der Waals surface area contributed by atoms with Gasteiger partial charge in [-0.05, 0) is 49.5 Å². The van der Waals surface area contributed by atoms with E-state index in [1.807, 2.05) is 26.0 Å². The van der Waals surface area contributed by atoms with Crippen LogP contribution in [0, 0.1) is 0 Å². The molecular weight excluding hydrogens is 184 g/mol. The summed E-state index contributed by atoms with van der Waals surface area (Å²) >= 11 is 0. The van der Waals surface area contributed by atoms with Gasteiger partial charge in [0.15, 0.2) is 0 Å². The van der Waals surface area contributed by atoms with Crippen LogP contribution < -0.4 is 11.1 Å². The van der Waals surface area contributed by atoms with Gasteiger partial charge in [0.05, 0.1) is 0 Å². The second-order valence-corrected chi connectivity index (χ2v) is 3.69. The minimum absolute atomic E-state index is 0.713. The summed E-state index contributed by atoms with van der Waals surface area (Å²) in [6.45, 7) is 6.28. The Morgan fingerprint density at radius 2 is 1.87 bits per heavy atom. The number of nitrogens with one attached hydrogen (secondary N) is 1. The Morgan fingerprint density at radius 1 is 1.20 bits per heavy atom. The van der Waals surface area contributed by atoms with Crippen molar-refractivity contribution in [3.05, 3.63) is 29.8 Å². The maximum Gasteiger partial charge on any atom is 0.0316 e. The molecule has 2 rings (SSSR count). The second kappa shape index (κ2) is 6.46. The van der Waals surface area contributed by atoms with E-state index < -0.39 is 0 Å². The molecule has 3 N–H and O–H groups in total. The van der Waals surface area contributed by atoms with Crippen molar-refractivity contribution in [2.24, 2.45) is 0 Å². The normalized spacial score (nSPS) is 16.7. The topological polar surface area (TPSA) is 38.0 Å². The highest BCUT2D eigenvalue weighted by molar-refractivity contribution is 5.41. The fraction of sp³-hybridized carbons (Fsp3) is 0.538. The summed E-state index contributed by atoms with van der Waals surface area (Å²) in [6.07, 6.45) is 2.48. The molecule has 0 aromatic heterocycles. The Hall–Kier alpha value is -1.02. The first-order valence-electron chi connectivity index (χ1n) is 5.92. The third kappa shape index (κ3) is 3.56. The molecule has 0 atom stereocenters. The third-order valence-corrected chi connectivity index (χ3v) is 2.72. The van der Waals surface area contributed by atoms with Gasteiger partial charge in [0.2, 0.25) is 0 Å². The van der Waals surface area contributed by atoms with Gasteiger partial charge in [0.1, 0.15) is 0 Å². The number of hydrogen-bond donors (Lipinski definition) is 2. The zero-order valence-corrected chi connectivity index (χ0v) is 9.79. The number of hydrogen-bond acceptors (Lipinski definition) is 2. The Kier molecular flexibility index (Phi) is 5.19. The van der Waals surface area contributed by atoms with Crippen molar-refractivity contribution in [2.75, 3.05) is 18.8 Å². The second-order valence-electron chi connectivity index (χ2n) is 3.69. The van der Waals surface area contributed by atoms with Crippen LogP contribution in [0.4, 0.5) is 5.69 Å². The van der Waals surface area contributed by atoms with Crippen molar-refractivity contribution in [1.29, 1.82) is 0 Å². The van der Waals surface area contributed by atoms with Crippen molar-refractivity contribution in [2.45, 2.75) is 32.6 Å². The van der Waals surface area contributed by atoms with E-state index in [-0.39, 0.29) is 0 Å². The highest BCUT2D eigenvalue weighted by Gasteiger charge is 2.14. The molecule has 1 aromatic carbocycles. The Labute approximate surface area is 92.9 Å². The molecular formula is C13H22N2. The SMILES string of the molecule is CC.Nc1cccc(C2CCNCC2)c1. The van der Waals surface area contributed by atoms with Gasteiger partial charge < -0.3 is 11.1 Å². The van der Waals surface area contributed by atoms with Crippen LogP contribution in [0.25, 0.3) is 0 Å². The maximum atomic E-state index is 5.75. The zero-order chi connectivity index (χ0) is 11.1. The van der Waals surface area contributed by atoms with Crippen LogP contribution in [-0.2, 0) is 0 Å². The molecule has 1 aliphatic heterocycles. The van der Waals surface area contributed by atoms with E-state index in [0.29, 0.717) is 5.92 Å². The molecule has 1 aromatic rings. The van der Waals surface area contributed by atoms with Crippen molar-refractivity contribution >= 4 is 5.69 Å². The van der Waals surface area contributed by atoms with Crippen molar-refractivity contribution < 1.29 is 0 Å². The standard InChI is InChI=1S/C11H16N2.C2H6/c12-11-3-1-2-10(8-11)9-4-6-13-7-5-9;1-2/h1-3,8-9,13H,4-7,12H2;1-2H3. The summed E-state index contributed by atoms with van der Waals surface area (Å²) in [5, 5.41) is 3.37. The minimum atomic E-state index is 0.713. The molecule has 0 aliphatic carbocycles. The molecule has 2 nitrogen and oxygen atoms in total. The number of anilines is 1. The Balaban J connectivity index is 0.000000531. The molecule has 0 bridgehead atoms. The fourth-order valence-electron chi connectivity index (χ4n) is 1.97. The van der Waals surface area contributed by atoms with Crippen molar-refractivity contribution in [1.82, 2.24) is 5.32 Å². The molecule has 0 amide bonds. The predicted molar refractivity (Wildman–Crippen MR) is 67.0 cm³/mol. The van der Waals surface area contributed by atoms with E-state index in [2.05, 4.69) is 17.4 Å². The molecule has 1 aliphatic rings. The smallest absolute Gasteiger partial charge is 0.0316 e. The van der Waals surface area contributed by atoms with E-state index in [9.17, 15) is 0 Å². The first-order chi connectivity index (χ1) is 7.36. The van der Waals surface area contributed by atoms with E-state index in [1.165, 1.54) is 18.4 Å². The average molecular weight is 206 g/mol. The summed E-state index contributed by atoms with van der Waals surface area (Å²) in [4.78, 5) is 0. The van der Waals surface area contributed by atoms with Gasteiger partial charge in [-0.3, -0.25) is 0 Å². The molecule has 1 saturated heterocycles. The van der Waals surface area contributed by atoms with Crippen molar-refractivity contribution in [3.8, 4) is 0 Å². The highest BCUT2D eigenvalue weighted by Crippen LogP contribution is 2.25. The van der Waals surface area contributed by atoms with Crippen LogP contribution in [0.5, 0.6) is 0 Å². The van der Waals surface area contributed by atoms with Gasteiger partial charge in [-0.15, -0.1) is 0 Å². The molecule has 1 heterocycles. The van der Waals surface area contributed by atoms with E-state index in [1.54, 1.807) is 0 Å². The lowest BCUT2D eigenvalue weighted by molar-refractivity contribution is 0.460. The molecule has 84 valence electrons. The van der Waals surface area contributed by atoms with Crippen LogP contribution in [0.3, 0.4) is 0 Å². The molecule has 0 spiro atoms. The summed E-state index contributed by atoms with van der Waals surface area (Å²) in [5.41, 5.74) is 8.04. The minimum Gasteiger partial charge on any atom is -0.399 e. The van der Waals surface area contributed by atoms with E-state index in [0.717, 1.165) is 18.8 Å². The van der Waals surface area contributed by atoms with Gasteiger partial charge in [-0.2, -0.15) is 0 Å². The van der Waals surface area contributed by atoms with Crippen LogP contribution in [0.15, 0.2) is 24.3 Å².